The van der Waals surface area contributed by atoms with Crippen LogP contribution in [0.4, 0.5) is 0 Å². The maximum Gasteiger partial charge on any atom is 0.0399 e. The van der Waals surface area contributed by atoms with Crippen molar-refractivity contribution in [3.05, 3.63) is 10.4 Å². The van der Waals surface area contributed by atoms with E-state index in [0.717, 1.165) is 0 Å². The molecule has 0 aromatic rings. The van der Waals surface area contributed by atoms with E-state index in [-0.39, 0.29) is 11.5 Å². The second-order valence-corrected chi connectivity index (χ2v) is 3.86. The highest BCUT2D eigenvalue weighted by atomic mass is 15.1. The summed E-state index contributed by atoms with van der Waals surface area (Å²) >= 11 is 0. The zero-order valence-corrected chi connectivity index (χ0v) is 8.00. The minimum absolute atomic E-state index is 0.0625. The van der Waals surface area contributed by atoms with E-state index in [0.29, 0.717) is 5.92 Å². The fourth-order valence-electron chi connectivity index (χ4n) is 0.709. The van der Waals surface area contributed by atoms with Gasteiger partial charge in [-0.3, -0.25) is 0 Å². The van der Waals surface area contributed by atoms with Gasteiger partial charge in [-0.1, -0.05) is 39.7 Å². The summed E-state index contributed by atoms with van der Waals surface area (Å²) in [6.07, 6.45) is 0. The summed E-state index contributed by atoms with van der Waals surface area (Å²) in [5, 5.41) is 3.70. The molecule has 0 saturated heterocycles. The van der Waals surface area contributed by atoms with Crippen molar-refractivity contribution in [2.45, 2.75) is 40.7 Å². The molecule has 0 bridgehead atoms. The molecule has 0 spiro atoms. The lowest BCUT2D eigenvalue weighted by molar-refractivity contribution is 0.206. The lowest BCUT2D eigenvalue weighted by Gasteiger charge is -2.32. The lowest BCUT2D eigenvalue weighted by Crippen LogP contribution is -2.30. The van der Waals surface area contributed by atoms with Crippen LogP contribution in [0.25, 0.3) is 10.4 Å². The van der Waals surface area contributed by atoms with Gasteiger partial charge in [-0.15, -0.1) is 0 Å². The number of hydrogen-bond donors (Lipinski definition) is 0. The predicted molar refractivity (Wildman–Crippen MR) is 47.2 cm³/mol. The van der Waals surface area contributed by atoms with Gasteiger partial charge < -0.3 is 0 Å². The quantitative estimate of drug-likeness (QED) is 0.341. The van der Waals surface area contributed by atoms with E-state index < -0.39 is 0 Å². The summed E-state index contributed by atoms with van der Waals surface area (Å²) in [5.41, 5.74) is 8.33. The maximum atomic E-state index is 8.24. The molecule has 1 unspecified atom stereocenters. The summed E-state index contributed by atoms with van der Waals surface area (Å²) in [6, 6.07) is 0.0625. The smallest absolute Gasteiger partial charge is 0.0399 e. The van der Waals surface area contributed by atoms with Crippen molar-refractivity contribution in [1.29, 1.82) is 0 Å². The van der Waals surface area contributed by atoms with Crippen molar-refractivity contribution in [2.75, 3.05) is 0 Å². The lowest BCUT2D eigenvalue weighted by atomic mass is 9.76. The summed E-state index contributed by atoms with van der Waals surface area (Å²) < 4.78 is 0. The zero-order valence-electron chi connectivity index (χ0n) is 8.00. The number of rotatable bonds is 3. The fourth-order valence-corrected chi connectivity index (χ4v) is 0.709. The number of azide groups is 1. The Labute approximate surface area is 68.4 Å². The van der Waals surface area contributed by atoms with Crippen LogP contribution in [-0.2, 0) is 0 Å². The third kappa shape index (κ3) is 2.43. The molecule has 0 radical (unpaired) electrons. The van der Waals surface area contributed by atoms with E-state index in [4.69, 9.17) is 5.53 Å². The summed E-state index contributed by atoms with van der Waals surface area (Å²) in [7, 11) is 0. The SMILES string of the molecule is CC(C)C(C)(C)C(C)N=[N+]=[N-]. The van der Waals surface area contributed by atoms with Gasteiger partial charge in [0.25, 0.3) is 0 Å². The highest BCUT2D eigenvalue weighted by Crippen LogP contribution is 2.31. The molecular formula is C8H17N3. The minimum atomic E-state index is 0.0625. The normalized spacial score (nSPS) is 14.4. The Kier molecular flexibility index (Phi) is 3.40. The number of nitrogens with zero attached hydrogens (tertiary/aromatic N) is 3. The molecule has 0 aromatic carbocycles. The molecule has 0 heterocycles. The first-order chi connectivity index (χ1) is 4.92. The highest BCUT2D eigenvalue weighted by molar-refractivity contribution is 4.83. The Morgan fingerprint density at radius 2 is 1.73 bits per heavy atom. The molecule has 3 nitrogen and oxygen atoms in total. The van der Waals surface area contributed by atoms with Crippen molar-refractivity contribution in [3.63, 3.8) is 0 Å². The van der Waals surface area contributed by atoms with Crippen molar-refractivity contribution in [3.8, 4) is 0 Å². The summed E-state index contributed by atoms with van der Waals surface area (Å²) in [6.45, 7) is 10.5. The molecule has 1 atom stereocenters. The molecule has 3 heteroatoms. The fraction of sp³-hybridized carbons (Fsp3) is 1.00. The average molecular weight is 155 g/mol. The Morgan fingerprint density at radius 1 is 1.27 bits per heavy atom. The molecule has 0 aromatic heterocycles. The predicted octanol–water partition coefficient (Wildman–Crippen LogP) is 3.37. The summed E-state index contributed by atoms with van der Waals surface area (Å²) in [5.74, 6) is 0.531. The Bertz CT molecular complexity index is 166. The molecule has 0 fully saturated rings. The third-order valence-corrected chi connectivity index (χ3v) is 2.79. The molecule has 0 aliphatic rings. The van der Waals surface area contributed by atoms with Crippen molar-refractivity contribution >= 4 is 0 Å². The molecule has 0 amide bonds. The van der Waals surface area contributed by atoms with Crippen LogP contribution in [0.1, 0.15) is 34.6 Å². The van der Waals surface area contributed by atoms with Crippen LogP contribution in [-0.4, -0.2) is 6.04 Å². The van der Waals surface area contributed by atoms with Crippen LogP contribution in [0, 0.1) is 11.3 Å². The Hall–Kier alpha value is -0.690. The summed E-state index contributed by atoms with van der Waals surface area (Å²) in [4.78, 5) is 2.81. The van der Waals surface area contributed by atoms with Gasteiger partial charge in [0, 0.05) is 11.0 Å². The first-order valence-electron chi connectivity index (χ1n) is 3.97. The topological polar surface area (TPSA) is 48.8 Å². The Morgan fingerprint density at radius 3 is 2.00 bits per heavy atom. The van der Waals surface area contributed by atoms with E-state index in [1.54, 1.807) is 0 Å². The van der Waals surface area contributed by atoms with Crippen LogP contribution in [0.15, 0.2) is 5.11 Å². The molecule has 0 N–H and O–H groups in total. The minimum Gasteiger partial charge on any atom is -0.0903 e. The van der Waals surface area contributed by atoms with E-state index in [1.165, 1.54) is 0 Å². The first kappa shape index (κ1) is 10.3. The van der Waals surface area contributed by atoms with Gasteiger partial charge in [0.1, 0.15) is 0 Å². The van der Waals surface area contributed by atoms with Crippen LogP contribution in [0.2, 0.25) is 0 Å². The van der Waals surface area contributed by atoms with Crippen molar-refractivity contribution in [1.82, 2.24) is 0 Å². The molecular weight excluding hydrogens is 138 g/mol. The van der Waals surface area contributed by atoms with E-state index in [2.05, 4.69) is 37.7 Å². The Balaban J connectivity index is 4.40. The van der Waals surface area contributed by atoms with Crippen LogP contribution in [0.3, 0.4) is 0 Å². The third-order valence-electron chi connectivity index (χ3n) is 2.79. The van der Waals surface area contributed by atoms with E-state index in [9.17, 15) is 0 Å². The van der Waals surface area contributed by atoms with Crippen LogP contribution >= 0.6 is 0 Å². The highest BCUT2D eigenvalue weighted by Gasteiger charge is 2.28. The first-order valence-corrected chi connectivity index (χ1v) is 3.97. The van der Waals surface area contributed by atoms with Crippen molar-refractivity contribution in [2.24, 2.45) is 16.4 Å². The molecule has 0 aliphatic carbocycles. The van der Waals surface area contributed by atoms with Gasteiger partial charge in [-0.05, 0) is 16.9 Å². The maximum absolute atomic E-state index is 8.24. The van der Waals surface area contributed by atoms with Gasteiger partial charge in [-0.2, -0.15) is 0 Å². The standard InChI is InChI=1S/C8H17N3/c1-6(2)8(4,5)7(3)10-11-9/h6-7H,1-5H3. The van der Waals surface area contributed by atoms with E-state index in [1.807, 2.05) is 6.92 Å². The van der Waals surface area contributed by atoms with Gasteiger partial charge in [-0.25, -0.2) is 0 Å². The monoisotopic (exact) mass is 155 g/mol. The van der Waals surface area contributed by atoms with Crippen LogP contribution in [0.5, 0.6) is 0 Å². The van der Waals surface area contributed by atoms with Crippen molar-refractivity contribution < 1.29 is 0 Å². The van der Waals surface area contributed by atoms with Crippen LogP contribution < -0.4 is 0 Å². The average Bonchev–Trinajstić information content (AvgIpc) is 1.88. The van der Waals surface area contributed by atoms with E-state index >= 15 is 0 Å². The largest absolute Gasteiger partial charge is 0.0903 e. The van der Waals surface area contributed by atoms with Gasteiger partial charge in [0.2, 0.25) is 0 Å². The molecule has 0 rings (SSSR count). The zero-order chi connectivity index (χ0) is 9.07. The second-order valence-electron chi connectivity index (χ2n) is 3.86. The molecule has 11 heavy (non-hydrogen) atoms. The van der Waals surface area contributed by atoms with Gasteiger partial charge in [0.05, 0.1) is 0 Å². The number of hydrogen-bond acceptors (Lipinski definition) is 1. The van der Waals surface area contributed by atoms with Gasteiger partial charge in [0.15, 0.2) is 0 Å². The molecule has 0 aliphatic heterocycles. The molecule has 64 valence electrons. The van der Waals surface area contributed by atoms with Gasteiger partial charge >= 0.3 is 0 Å². The second kappa shape index (κ2) is 3.63. The molecule has 0 saturated carbocycles.